The maximum Gasteiger partial charge on any atom is 0.0755 e. The summed E-state index contributed by atoms with van der Waals surface area (Å²) in [6.07, 6.45) is 0. The van der Waals surface area contributed by atoms with E-state index in [2.05, 4.69) is 529 Å². The van der Waals surface area contributed by atoms with Gasteiger partial charge in [0.25, 0.3) is 0 Å². The summed E-state index contributed by atoms with van der Waals surface area (Å²) in [5.74, 6) is 0. The first-order valence-corrected chi connectivity index (χ1v) is 49.5. The molecule has 5 heteroatoms. The molecule has 25 aromatic rings. The SMILES string of the molecule is c1ccc(-c2ccccc2-c2ccccc2N(c2ccc3c(c2)C2(c4ccccc4-3)c3ccccc3-n3c4cccc(-c5ccc(C6(c7ccccc7)c7ccccc7-c7c(N(c8ccc9c(c8)C8(c%10ccccc%10-9)c9ccccc9-n9c%10ccccc%10c%10cccc8c%109)c8ccccc8-c8ccccc8-c8ccccc8)cccc76)cc5)c4c4cccc2c43)c2ccc3sc4ccccc4c3c2)cc1. The molecule has 22 aromatic carbocycles. The number of fused-ring (bicyclic) bond motifs is 30. The fourth-order valence-electron chi connectivity index (χ4n) is 26.2. The van der Waals surface area contributed by atoms with E-state index in [1.165, 1.54) is 203 Å². The molecule has 5 heterocycles. The van der Waals surface area contributed by atoms with E-state index in [1.807, 2.05) is 11.3 Å². The molecule has 0 N–H and O–H groups in total. The number of para-hydroxylation sites is 7. The zero-order chi connectivity index (χ0) is 91.6. The average molecular weight is 1790 g/mol. The van der Waals surface area contributed by atoms with Gasteiger partial charge in [-0.3, -0.25) is 0 Å². The number of rotatable bonds is 13. The summed E-state index contributed by atoms with van der Waals surface area (Å²) in [4.78, 5) is 5.19. The minimum absolute atomic E-state index is 0.710. The lowest BCUT2D eigenvalue weighted by Crippen LogP contribution is -2.33. The zero-order valence-corrected chi connectivity index (χ0v) is 77.0. The Bertz CT molecular complexity index is 9550. The smallest absolute Gasteiger partial charge is 0.0755 e. The van der Waals surface area contributed by atoms with Crippen LogP contribution in [0.5, 0.6) is 0 Å². The van der Waals surface area contributed by atoms with Crippen LogP contribution in [0.2, 0.25) is 0 Å². The van der Waals surface area contributed by atoms with Crippen LogP contribution in [0.25, 0.3) is 164 Å². The molecule has 0 bridgehead atoms. The Morgan fingerprint density at radius 1 is 0.186 bits per heavy atom. The lowest BCUT2D eigenvalue weighted by atomic mass is 9.65. The molecule has 3 aliphatic carbocycles. The largest absolute Gasteiger partial charge is 0.310 e. The lowest BCUT2D eigenvalue weighted by molar-refractivity contribution is 0.748. The molecule has 30 rings (SSSR count). The van der Waals surface area contributed by atoms with Crippen molar-refractivity contribution < 1.29 is 0 Å². The second kappa shape index (κ2) is 30.1. The van der Waals surface area contributed by atoms with E-state index in [4.69, 9.17) is 0 Å². The minimum atomic E-state index is -0.804. The summed E-state index contributed by atoms with van der Waals surface area (Å²) in [6, 6.07) is 194. The monoisotopic (exact) mass is 1790 g/mol. The first kappa shape index (κ1) is 78.6. The Hall–Kier alpha value is -17.7. The van der Waals surface area contributed by atoms with Gasteiger partial charge in [-0.05, 0) is 230 Å². The molecule has 0 radical (unpaired) electrons. The molecular weight excluding hydrogens is 1710 g/mol. The number of benzene rings is 22. The van der Waals surface area contributed by atoms with E-state index in [0.29, 0.717) is 0 Å². The summed E-state index contributed by atoms with van der Waals surface area (Å²) in [5, 5.41) is 7.46. The second-order valence-corrected chi connectivity index (χ2v) is 39.2. The molecule has 3 aromatic heterocycles. The molecule has 2 aliphatic heterocycles. The summed E-state index contributed by atoms with van der Waals surface area (Å²) >= 11 is 1.86. The van der Waals surface area contributed by atoms with Crippen LogP contribution in [-0.2, 0) is 16.2 Å². The van der Waals surface area contributed by atoms with Crippen molar-refractivity contribution in [1.82, 2.24) is 9.13 Å². The highest BCUT2D eigenvalue weighted by atomic mass is 32.1. The summed E-state index contributed by atoms with van der Waals surface area (Å²) in [7, 11) is 0. The molecular formula is C135H84N4S. The van der Waals surface area contributed by atoms with Crippen LogP contribution in [0.4, 0.5) is 34.1 Å². The Morgan fingerprint density at radius 3 is 1.19 bits per heavy atom. The fraction of sp³-hybridized carbons (Fsp3) is 0.0222. The van der Waals surface area contributed by atoms with E-state index in [9.17, 15) is 0 Å². The van der Waals surface area contributed by atoms with E-state index in [-0.39, 0.29) is 0 Å². The molecule has 5 aliphatic rings. The minimum Gasteiger partial charge on any atom is -0.310 e. The van der Waals surface area contributed by atoms with Gasteiger partial charge < -0.3 is 18.9 Å². The molecule has 3 unspecified atom stereocenters. The predicted molar refractivity (Wildman–Crippen MR) is 584 cm³/mol. The molecule has 140 heavy (non-hydrogen) atoms. The van der Waals surface area contributed by atoms with Gasteiger partial charge in [0.1, 0.15) is 0 Å². The Labute approximate surface area is 815 Å². The van der Waals surface area contributed by atoms with Crippen molar-refractivity contribution in [3.63, 3.8) is 0 Å². The van der Waals surface area contributed by atoms with Gasteiger partial charge in [-0.1, -0.05) is 419 Å². The summed E-state index contributed by atoms with van der Waals surface area (Å²) in [5.41, 5.74) is 45.4. The predicted octanol–water partition coefficient (Wildman–Crippen LogP) is 35.2. The highest BCUT2D eigenvalue weighted by molar-refractivity contribution is 7.25. The van der Waals surface area contributed by atoms with Crippen LogP contribution in [0.1, 0.15) is 66.8 Å². The van der Waals surface area contributed by atoms with E-state index < -0.39 is 16.2 Å². The third-order valence-electron chi connectivity index (χ3n) is 31.6. The molecule has 4 nitrogen and oxygen atoms in total. The van der Waals surface area contributed by atoms with Gasteiger partial charge >= 0.3 is 0 Å². The van der Waals surface area contributed by atoms with Crippen LogP contribution < -0.4 is 9.80 Å². The second-order valence-electron chi connectivity index (χ2n) is 38.1. The number of anilines is 6. The van der Waals surface area contributed by atoms with Gasteiger partial charge in [0.2, 0.25) is 0 Å². The van der Waals surface area contributed by atoms with Crippen LogP contribution >= 0.6 is 11.3 Å². The van der Waals surface area contributed by atoms with Gasteiger partial charge in [0.05, 0.1) is 66.7 Å². The van der Waals surface area contributed by atoms with Gasteiger partial charge in [-0.15, -0.1) is 11.3 Å². The van der Waals surface area contributed by atoms with Gasteiger partial charge in [0, 0.05) is 75.5 Å². The normalized spacial score (nSPS) is 15.7. The van der Waals surface area contributed by atoms with Crippen molar-refractivity contribution in [3.8, 4) is 100 Å². The van der Waals surface area contributed by atoms with Crippen molar-refractivity contribution in [2.24, 2.45) is 0 Å². The molecule has 3 atom stereocenters. The van der Waals surface area contributed by atoms with Crippen LogP contribution in [0.3, 0.4) is 0 Å². The topological polar surface area (TPSA) is 16.3 Å². The first-order chi connectivity index (χ1) is 69.5. The molecule has 2 spiro atoms. The molecule has 0 saturated carbocycles. The Kier molecular flexibility index (Phi) is 16.9. The van der Waals surface area contributed by atoms with Crippen molar-refractivity contribution in [1.29, 1.82) is 0 Å². The van der Waals surface area contributed by atoms with Crippen molar-refractivity contribution in [3.05, 3.63) is 576 Å². The highest BCUT2D eigenvalue weighted by Gasteiger charge is 2.55. The number of nitrogens with zero attached hydrogens (tertiary/aromatic N) is 4. The third-order valence-corrected chi connectivity index (χ3v) is 32.8. The van der Waals surface area contributed by atoms with E-state index in [0.717, 1.165) is 61.9 Å². The third kappa shape index (κ3) is 10.7. The molecule has 0 amide bonds. The maximum absolute atomic E-state index is 2.64. The van der Waals surface area contributed by atoms with Crippen molar-refractivity contribution in [2.45, 2.75) is 16.2 Å². The zero-order valence-electron chi connectivity index (χ0n) is 76.2. The standard InChI is InChI=1S/C135H84N4S/c1-4-36-85(37-5-1)93-42-10-12-44-96(93)102-48-17-26-64-120(102)136(90-78-81-128-109(82-90)105-51-20-31-71-127(105)140-128)91-76-79-100-98-46-15-22-57-111(98)135(118(100)83-91)114-60-25-30-68-124(114)139-125-69-34-53-95(129(125)108-55-33-63-117(135)132(108)139)87-72-74-89(75-73-87)133(88-40-8-3-9-41-88)112-58-23-16-52-107(112)130-115(133)61-35-70-126(130)137(121-65-27-18-49-103(121)97-45-13-11-43-94(97)86-38-6-2-7-39-86)92-77-80-101-99-47-14-21-56-110(99)134(119(101)84-92)113-59-24-29-67-123(113)138-122-66-28-19-50-104(122)106-54-32-62-116(134)131(106)138/h1-84H. The van der Waals surface area contributed by atoms with Crippen molar-refractivity contribution >= 4 is 109 Å². The average Bonchev–Trinajstić information content (AvgIpc) is 1.49. The van der Waals surface area contributed by atoms with Gasteiger partial charge in [-0.25, -0.2) is 0 Å². The number of hydrogen-bond acceptors (Lipinski definition) is 3. The fourth-order valence-corrected chi connectivity index (χ4v) is 27.3. The summed E-state index contributed by atoms with van der Waals surface area (Å²) in [6.45, 7) is 0. The van der Waals surface area contributed by atoms with Gasteiger partial charge in [-0.2, -0.15) is 0 Å². The number of thiophene rings is 1. The van der Waals surface area contributed by atoms with Crippen molar-refractivity contribution in [2.75, 3.05) is 9.80 Å². The quantitative estimate of drug-likeness (QED) is 0.114. The number of hydrogen-bond donors (Lipinski definition) is 0. The maximum atomic E-state index is 2.64. The van der Waals surface area contributed by atoms with Crippen LogP contribution in [0, 0.1) is 0 Å². The molecule has 650 valence electrons. The van der Waals surface area contributed by atoms with Crippen LogP contribution in [0.15, 0.2) is 510 Å². The summed E-state index contributed by atoms with van der Waals surface area (Å²) < 4.78 is 7.72. The Morgan fingerprint density at radius 2 is 0.564 bits per heavy atom. The molecule has 0 fully saturated rings. The van der Waals surface area contributed by atoms with Crippen LogP contribution in [-0.4, -0.2) is 9.13 Å². The first-order valence-electron chi connectivity index (χ1n) is 48.7. The molecule has 0 saturated heterocycles. The lowest BCUT2D eigenvalue weighted by Gasteiger charge is -2.40. The van der Waals surface area contributed by atoms with Gasteiger partial charge in [0.15, 0.2) is 0 Å². The number of aromatic nitrogens is 2. The van der Waals surface area contributed by atoms with E-state index >= 15 is 0 Å². The Balaban J connectivity index is 0.606. The highest BCUT2D eigenvalue weighted by Crippen LogP contribution is 2.67. The van der Waals surface area contributed by atoms with E-state index in [1.54, 1.807) is 0 Å².